The molecular formula is C12H18N2. The van der Waals surface area contributed by atoms with Crippen LogP contribution in [0, 0.1) is 6.92 Å². The summed E-state index contributed by atoms with van der Waals surface area (Å²) in [5.41, 5.74) is 3.44. The number of aromatic nitrogens is 1. The van der Waals surface area contributed by atoms with Crippen molar-refractivity contribution in [1.82, 2.24) is 10.3 Å². The van der Waals surface area contributed by atoms with Crippen molar-refractivity contribution in [2.45, 2.75) is 26.8 Å². The number of rotatable bonds is 3. The van der Waals surface area contributed by atoms with Crippen LogP contribution in [0.2, 0.25) is 0 Å². The van der Waals surface area contributed by atoms with Gasteiger partial charge in [-0.25, -0.2) is 0 Å². The van der Waals surface area contributed by atoms with Crippen LogP contribution >= 0.6 is 0 Å². The smallest absolute Gasteiger partial charge is 0.0681 e. The molecule has 0 aromatic carbocycles. The summed E-state index contributed by atoms with van der Waals surface area (Å²) in [5.74, 6) is 0. The first-order chi connectivity index (χ1) is 6.63. The second kappa shape index (κ2) is 4.91. The Morgan fingerprint density at radius 3 is 2.64 bits per heavy atom. The Labute approximate surface area is 86.1 Å². The van der Waals surface area contributed by atoms with Crippen LogP contribution in [0.1, 0.15) is 31.3 Å². The van der Waals surface area contributed by atoms with E-state index in [1.807, 2.05) is 32.2 Å². The standard InChI is InChI=1S/C12H18N2/c1-9(2)8-12(13-4)11-7-5-6-10(3)14-11/h5-8,12-13H,1-4H3. The molecule has 1 heterocycles. The van der Waals surface area contributed by atoms with Gasteiger partial charge >= 0.3 is 0 Å². The predicted molar refractivity (Wildman–Crippen MR) is 60.2 cm³/mol. The summed E-state index contributed by atoms with van der Waals surface area (Å²) in [6.07, 6.45) is 2.18. The predicted octanol–water partition coefficient (Wildman–Crippen LogP) is 2.62. The van der Waals surface area contributed by atoms with E-state index in [0.717, 1.165) is 11.4 Å². The highest BCUT2D eigenvalue weighted by Crippen LogP contribution is 2.13. The highest BCUT2D eigenvalue weighted by atomic mass is 14.9. The van der Waals surface area contributed by atoms with Gasteiger partial charge in [-0.3, -0.25) is 4.98 Å². The number of nitrogens with one attached hydrogen (secondary N) is 1. The third-order valence-corrected chi connectivity index (χ3v) is 2.04. The van der Waals surface area contributed by atoms with Gasteiger partial charge in [0.1, 0.15) is 0 Å². The molecule has 1 aromatic rings. The van der Waals surface area contributed by atoms with Crippen molar-refractivity contribution in [3.63, 3.8) is 0 Å². The van der Waals surface area contributed by atoms with E-state index in [1.54, 1.807) is 0 Å². The van der Waals surface area contributed by atoms with Gasteiger partial charge in [-0.1, -0.05) is 17.7 Å². The molecule has 14 heavy (non-hydrogen) atoms. The molecular weight excluding hydrogens is 172 g/mol. The molecule has 0 saturated carbocycles. The fraction of sp³-hybridized carbons (Fsp3) is 0.417. The fourth-order valence-electron chi connectivity index (χ4n) is 1.39. The van der Waals surface area contributed by atoms with Crippen molar-refractivity contribution in [1.29, 1.82) is 0 Å². The average molecular weight is 190 g/mol. The van der Waals surface area contributed by atoms with E-state index in [9.17, 15) is 0 Å². The maximum Gasteiger partial charge on any atom is 0.0681 e. The summed E-state index contributed by atoms with van der Waals surface area (Å²) in [5, 5.41) is 3.24. The topological polar surface area (TPSA) is 24.9 Å². The molecule has 0 aliphatic carbocycles. The summed E-state index contributed by atoms with van der Waals surface area (Å²) >= 11 is 0. The number of likely N-dealkylation sites (N-methyl/N-ethyl adjacent to an activating group) is 1. The molecule has 1 unspecified atom stereocenters. The molecule has 0 bridgehead atoms. The zero-order chi connectivity index (χ0) is 10.6. The Balaban J connectivity index is 2.95. The van der Waals surface area contributed by atoms with Crippen molar-refractivity contribution in [2.24, 2.45) is 0 Å². The van der Waals surface area contributed by atoms with E-state index < -0.39 is 0 Å². The van der Waals surface area contributed by atoms with Gasteiger partial charge in [0.05, 0.1) is 11.7 Å². The number of hydrogen-bond acceptors (Lipinski definition) is 2. The maximum atomic E-state index is 4.49. The van der Waals surface area contributed by atoms with E-state index in [4.69, 9.17) is 0 Å². The van der Waals surface area contributed by atoms with Crippen molar-refractivity contribution in [2.75, 3.05) is 7.05 Å². The Bertz CT molecular complexity index is 325. The third kappa shape index (κ3) is 2.96. The summed E-state index contributed by atoms with van der Waals surface area (Å²) in [6.45, 7) is 6.21. The first-order valence-electron chi connectivity index (χ1n) is 4.89. The molecule has 1 aromatic heterocycles. The van der Waals surface area contributed by atoms with E-state index in [2.05, 4.69) is 30.2 Å². The molecule has 0 aliphatic rings. The van der Waals surface area contributed by atoms with Crippen LogP contribution in [0.25, 0.3) is 0 Å². The number of allylic oxidation sites excluding steroid dienone is 1. The van der Waals surface area contributed by atoms with Gasteiger partial charge in [-0.15, -0.1) is 0 Å². The molecule has 76 valence electrons. The molecule has 0 fully saturated rings. The summed E-state index contributed by atoms with van der Waals surface area (Å²) in [4.78, 5) is 4.49. The van der Waals surface area contributed by atoms with Crippen LogP contribution in [0.4, 0.5) is 0 Å². The highest BCUT2D eigenvalue weighted by molar-refractivity contribution is 5.19. The van der Waals surface area contributed by atoms with Crippen LogP contribution in [0.15, 0.2) is 29.8 Å². The van der Waals surface area contributed by atoms with Gasteiger partial charge in [0, 0.05) is 5.69 Å². The van der Waals surface area contributed by atoms with Crippen LogP contribution < -0.4 is 5.32 Å². The van der Waals surface area contributed by atoms with Crippen molar-refractivity contribution >= 4 is 0 Å². The Morgan fingerprint density at radius 2 is 2.14 bits per heavy atom. The zero-order valence-corrected chi connectivity index (χ0v) is 9.33. The van der Waals surface area contributed by atoms with E-state index in [1.165, 1.54) is 5.57 Å². The monoisotopic (exact) mass is 190 g/mol. The van der Waals surface area contributed by atoms with Gasteiger partial charge in [0.25, 0.3) is 0 Å². The lowest BCUT2D eigenvalue weighted by Crippen LogP contribution is -2.15. The van der Waals surface area contributed by atoms with Crippen molar-refractivity contribution in [3.05, 3.63) is 41.2 Å². The molecule has 0 spiro atoms. The number of aryl methyl sites for hydroxylation is 1. The van der Waals surface area contributed by atoms with Gasteiger partial charge in [0.15, 0.2) is 0 Å². The summed E-state index contributed by atoms with van der Waals surface area (Å²) in [6, 6.07) is 6.33. The Morgan fingerprint density at radius 1 is 1.43 bits per heavy atom. The lowest BCUT2D eigenvalue weighted by Gasteiger charge is -2.12. The SMILES string of the molecule is CNC(C=C(C)C)c1cccc(C)n1. The van der Waals surface area contributed by atoms with Gasteiger partial charge in [0.2, 0.25) is 0 Å². The highest BCUT2D eigenvalue weighted by Gasteiger charge is 2.06. The van der Waals surface area contributed by atoms with Crippen molar-refractivity contribution < 1.29 is 0 Å². The van der Waals surface area contributed by atoms with Crippen LogP contribution in [-0.2, 0) is 0 Å². The number of hydrogen-bond donors (Lipinski definition) is 1. The fourth-order valence-corrected chi connectivity index (χ4v) is 1.39. The summed E-state index contributed by atoms with van der Waals surface area (Å²) in [7, 11) is 1.95. The average Bonchev–Trinajstić information content (AvgIpc) is 2.14. The number of pyridine rings is 1. The molecule has 1 N–H and O–H groups in total. The molecule has 2 nitrogen and oxygen atoms in total. The maximum absolute atomic E-state index is 4.49. The van der Waals surface area contributed by atoms with Gasteiger partial charge in [-0.05, 0) is 40.0 Å². The molecule has 0 amide bonds. The molecule has 0 saturated heterocycles. The molecule has 1 atom stereocenters. The lowest BCUT2D eigenvalue weighted by atomic mass is 10.1. The minimum absolute atomic E-state index is 0.222. The lowest BCUT2D eigenvalue weighted by molar-refractivity contribution is 0.685. The van der Waals surface area contributed by atoms with Crippen LogP contribution in [0.5, 0.6) is 0 Å². The molecule has 0 aliphatic heterocycles. The summed E-state index contributed by atoms with van der Waals surface area (Å²) < 4.78 is 0. The molecule has 1 rings (SSSR count). The Hall–Kier alpha value is -1.15. The van der Waals surface area contributed by atoms with Gasteiger partial charge < -0.3 is 5.32 Å². The van der Waals surface area contributed by atoms with E-state index >= 15 is 0 Å². The normalized spacial score (nSPS) is 12.3. The zero-order valence-electron chi connectivity index (χ0n) is 9.33. The van der Waals surface area contributed by atoms with E-state index in [-0.39, 0.29) is 6.04 Å². The molecule has 2 heteroatoms. The van der Waals surface area contributed by atoms with Crippen LogP contribution in [0.3, 0.4) is 0 Å². The van der Waals surface area contributed by atoms with Gasteiger partial charge in [-0.2, -0.15) is 0 Å². The Kier molecular flexibility index (Phi) is 3.84. The third-order valence-electron chi connectivity index (χ3n) is 2.04. The number of nitrogens with zero attached hydrogens (tertiary/aromatic N) is 1. The quantitative estimate of drug-likeness (QED) is 0.741. The first-order valence-corrected chi connectivity index (χ1v) is 4.89. The van der Waals surface area contributed by atoms with Crippen molar-refractivity contribution in [3.8, 4) is 0 Å². The largest absolute Gasteiger partial charge is 0.309 e. The minimum atomic E-state index is 0.222. The second-order valence-corrected chi connectivity index (χ2v) is 3.71. The van der Waals surface area contributed by atoms with E-state index in [0.29, 0.717) is 0 Å². The van der Waals surface area contributed by atoms with Crippen LogP contribution in [-0.4, -0.2) is 12.0 Å². The first kappa shape index (κ1) is 10.9. The minimum Gasteiger partial charge on any atom is -0.309 e. The molecule has 0 radical (unpaired) electrons. The second-order valence-electron chi connectivity index (χ2n) is 3.71.